The number of hydrogen-bond donors (Lipinski definition) is 2. The second-order valence-electron chi connectivity index (χ2n) is 8.96. The summed E-state index contributed by atoms with van der Waals surface area (Å²) >= 11 is 0. The van der Waals surface area contributed by atoms with Crippen molar-refractivity contribution in [1.29, 1.82) is 0 Å². The molecule has 6 nitrogen and oxygen atoms in total. The lowest BCUT2D eigenvalue weighted by molar-refractivity contribution is -0.135. The van der Waals surface area contributed by atoms with E-state index in [4.69, 9.17) is 0 Å². The number of amides is 2. The molecule has 0 saturated carbocycles. The van der Waals surface area contributed by atoms with Gasteiger partial charge in [-0.1, -0.05) is 47.5 Å². The zero-order valence-corrected chi connectivity index (χ0v) is 17.5. The van der Waals surface area contributed by atoms with E-state index in [-0.39, 0.29) is 29.2 Å². The number of likely N-dealkylation sites (N-methyl/N-ethyl adjacent to an activating group) is 1. The van der Waals surface area contributed by atoms with Crippen molar-refractivity contribution in [3.8, 4) is 0 Å². The average Bonchev–Trinajstić information content (AvgIpc) is 2.86. The Bertz CT molecular complexity index is 462. The fraction of sp³-hybridized carbons (Fsp3) is 0.900. The van der Waals surface area contributed by atoms with Gasteiger partial charge in [-0.15, -0.1) is 0 Å². The molecule has 1 heterocycles. The topological polar surface area (TPSA) is 72.9 Å². The summed E-state index contributed by atoms with van der Waals surface area (Å²) < 4.78 is 0. The van der Waals surface area contributed by atoms with Crippen LogP contribution < -0.4 is 5.32 Å². The molecule has 1 aliphatic rings. The fourth-order valence-electron chi connectivity index (χ4n) is 3.68. The number of carbonyl (C=O) groups excluding carboxylic acids is 2. The van der Waals surface area contributed by atoms with E-state index in [0.717, 1.165) is 32.2 Å². The first-order valence-electron chi connectivity index (χ1n) is 10.0. The van der Waals surface area contributed by atoms with Crippen LogP contribution in [0.15, 0.2) is 0 Å². The number of carbonyl (C=O) groups is 2. The van der Waals surface area contributed by atoms with E-state index in [1.165, 1.54) is 0 Å². The standard InChI is InChI=1S/C20H39N3O3/c1-7-9-10-15(8-2)19(26)23-11-16(17(24)12-23)21-18(25)13-22(6)14-20(3,4)5/h15-17,24H,7-14H2,1-6H3,(H,21,25)/t15?,16-,17-/m1/s1. The lowest BCUT2D eigenvalue weighted by Gasteiger charge is -2.26. The van der Waals surface area contributed by atoms with Crippen LogP contribution in [0, 0.1) is 11.3 Å². The summed E-state index contributed by atoms with van der Waals surface area (Å²) in [6.07, 6.45) is 3.14. The average molecular weight is 370 g/mol. The quantitative estimate of drug-likeness (QED) is 0.651. The molecule has 0 aromatic rings. The van der Waals surface area contributed by atoms with Gasteiger partial charge in [0.15, 0.2) is 0 Å². The highest BCUT2D eigenvalue weighted by Gasteiger charge is 2.36. The highest BCUT2D eigenvalue weighted by atomic mass is 16.3. The van der Waals surface area contributed by atoms with Crippen LogP contribution in [0.5, 0.6) is 0 Å². The molecule has 0 aromatic heterocycles. The van der Waals surface area contributed by atoms with E-state index in [2.05, 4.69) is 33.0 Å². The molecule has 2 amide bonds. The van der Waals surface area contributed by atoms with Crippen molar-refractivity contribution in [3.05, 3.63) is 0 Å². The third-order valence-electron chi connectivity index (χ3n) is 4.85. The van der Waals surface area contributed by atoms with E-state index >= 15 is 0 Å². The molecule has 3 atom stereocenters. The van der Waals surface area contributed by atoms with Crippen LogP contribution in [0.25, 0.3) is 0 Å². The van der Waals surface area contributed by atoms with Crippen molar-refractivity contribution < 1.29 is 14.7 Å². The van der Waals surface area contributed by atoms with Crippen molar-refractivity contribution in [1.82, 2.24) is 15.1 Å². The smallest absolute Gasteiger partial charge is 0.234 e. The maximum atomic E-state index is 12.7. The number of rotatable bonds is 9. The fourth-order valence-corrected chi connectivity index (χ4v) is 3.68. The number of hydrogen-bond acceptors (Lipinski definition) is 4. The SMILES string of the molecule is CCCCC(CC)C(=O)N1C[C@@H](O)[C@H](NC(=O)CN(C)CC(C)(C)C)C1. The van der Waals surface area contributed by atoms with Crippen LogP contribution in [-0.2, 0) is 9.59 Å². The van der Waals surface area contributed by atoms with Crippen LogP contribution in [0.2, 0.25) is 0 Å². The van der Waals surface area contributed by atoms with Gasteiger partial charge >= 0.3 is 0 Å². The number of aliphatic hydroxyl groups excluding tert-OH is 1. The number of β-amino-alcohol motifs (C(OH)–C–C–N with tert-alkyl or cyclic N) is 1. The molecule has 1 aliphatic heterocycles. The molecule has 0 aromatic carbocycles. The highest BCUT2D eigenvalue weighted by Crippen LogP contribution is 2.20. The van der Waals surface area contributed by atoms with E-state index < -0.39 is 6.10 Å². The molecular formula is C20H39N3O3. The highest BCUT2D eigenvalue weighted by molar-refractivity contribution is 5.80. The van der Waals surface area contributed by atoms with Gasteiger partial charge in [-0.05, 0) is 25.3 Å². The normalized spacial score (nSPS) is 21.9. The minimum atomic E-state index is -0.695. The molecule has 2 N–H and O–H groups in total. The Morgan fingerprint density at radius 3 is 2.46 bits per heavy atom. The molecule has 0 aliphatic carbocycles. The van der Waals surface area contributed by atoms with Crippen molar-refractivity contribution >= 4 is 11.8 Å². The molecule has 1 fully saturated rings. The maximum absolute atomic E-state index is 12.7. The second kappa shape index (κ2) is 10.3. The van der Waals surface area contributed by atoms with Crippen LogP contribution in [0.3, 0.4) is 0 Å². The Morgan fingerprint density at radius 2 is 1.92 bits per heavy atom. The van der Waals surface area contributed by atoms with Gasteiger partial charge in [0, 0.05) is 25.6 Å². The molecule has 1 rings (SSSR count). The van der Waals surface area contributed by atoms with Gasteiger partial charge in [-0.2, -0.15) is 0 Å². The summed E-state index contributed by atoms with van der Waals surface area (Å²) in [7, 11) is 1.92. The predicted octanol–water partition coefficient (Wildman–Crippen LogP) is 1.87. The number of aliphatic hydroxyl groups is 1. The third kappa shape index (κ3) is 7.62. The van der Waals surface area contributed by atoms with Gasteiger partial charge < -0.3 is 15.3 Å². The molecule has 26 heavy (non-hydrogen) atoms. The third-order valence-corrected chi connectivity index (χ3v) is 4.85. The van der Waals surface area contributed by atoms with Crippen molar-refractivity contribution in [2.75, 3.05) is 33.2 Å². The predicted molar refractivity (Wildman–Crippen MR) is 105 cm³/mol. The largest absolute Gasteiger partial charge is 0.389 e. The number of nitrogens with one attached hydrogen (secondary N) is 1. The lowest BCUT2D eigenvalue weighted by atomic mass is 9.96. The molecule has 1 saturated heterocycles. The molecule has 0 spiro atoms. The first-order chi connectivity index (χ1) is 12.1. The van der Waals surface area contributed by atoms with Gasteiger partial charge in [0.1, 0.15) is 0 Å². The van der Waals surface area contributed by atoms with Crippen molar-refractivity contribution in [2.24, 2.45) is 11.3 Å². The minimum absolute atomic E-state index is 0.0227. The summed E-state index contributed by atoms with van der Waals surface area (Å²) in [5, 5.41) is 13.2. The van der Waals surface area contributed by atoms with Crippen LogP contribution in [-0.4, -0.2) is 72.1 Å². The van der Waals surface area contributed by atoms with Gasteiger partial charge in [-0.3, -0.25) is 14.5 Å². The van der Waals surface area contributed by atoms with Crippen molar-refractivity contribution in [3.63, 3.8) is 0 Å². The van der Waals surface area contributed by atoms with Crippen LogP contribution in [0.4, 0.5) is 0 Å². The summed E-state index contributed by atoms with van der Waals surface area (Å²) in [5.74, 6) is 0.0317. The Labute approximate surface area is 159 Å². The molecule has 0 bridgehead atoms. The first kappa shape index (κ1) is 22.9. The van der Waals surface area contributed by atoms with Crippen molar-refractivity contribution in [2.45, 2.75) is 72.4 Å². The molecule has 0 radical (unpaired) electrons. The molecule has 6 heteroatoms. The van der Waals surface area contributed by atoms with Gasteiger partial charge in [0.2, 0.25) is 11.8 Å². The number of nitrogens with zero attached hydrogens (tertiary/aromatic N) is 2. The Balaban J connectivity index is 2.52. The maximum Gasteiger partial charge on any atom is 0.234 e. The summed E-state index contributed by atoms with van der Waals surface area (Å²) in [5.41, 5.74) is 0.124. The zero-order valence-electron chi connectivity index (χ0n) is 17.5. The lowest BCUT2D eigenvalue weighted by Crippen LogP contribution is -2.47. The molecular weight excluding hydrogens is 330 g/mol. The summed E-state index contributed by atoms with van der Waals surface area (Å²) in [4.78, 5) is 28.7. The Kier molecular flexibility index (Phi) is 9.04. The first-order valence-corrected chi connectivity index (χ1v) is 10.0. The zero-order chi connectivity index (χ0) is 19.9. The van der Waals surface area contributed by atoms with E-state index in [9.17, 15) is 14.7 Å². The second-order valence-corrected chi connectivity index (χ2v) is 8.96. The van der Waals surface area contributed by atoms with E-state index in [1.54, 1.807) is 4.90 Å². The minimum Gasteiger partial charge on any atom is -0.389 e. The molecule has 1 unspecified atom stereocenters. The summed E-state index contributed by atoms with van der Waals surface area (Å²) in [6.45, 7) is 12.4. The Hall–Kier alpha value is -1.14. The number of likely N-dealkylation sites (tertiary alicyclic amines) is 1. The Morgan fingerprint density at radius 1 is 1.27 bits per heavy atom. The molecule has 152 valence electrons. The van der Waals surface area contributed by atoms with Gasteiger partial charge in [0.25, 0.3) is 0 Å². The van der Waals surface area contributed by atoms with E-state index in [0.29, 0.717) is 19.6 Å². The van der Waals surface area contributed by atoms with Gasteiger partial charge in [0.05, 0.1) is 18.7 Å². The van der Waals surface area contributed by atoms with E-state index in [1.807, 2.05) is 18.9 Å². The van der Waals surface area contributed by atoms with Gasteiger partial charge in [-0.25, -0.2) is 0 Å². The number of unbranched alkanes of at least 4 members (excludes halogenated alkanes) is 1. The monoisotopic (exact) mass is 369 g/mol. The van der Waals surface area contributed by atoms with Crippen LogP contribution in [0.1, 0.15) is 60.3 Å². The summed E-state index contributed by atoms with van der Waals surface area (Å²) in [6, 6.07) is -0.377. The van der Waals surface area contributed by atoms with Crippen LogP contribution >= 0.6 is 0 Å².